The van der Waals surface area contributed by atoms with Gasteiger partial charge in [-0.25, -0.2) is 0 Å². The maximum absolute atomic E-state index is 13.3. The van der Waals surface area contributed by atoms with Crippen molar-refractivity contribution < 1.29 is 38.3 Å². The molecule has 3 atom stereocenters. The van der Waals surface area contributed by atoms with E-state index < -0.39 is 6.23 Å². The van der Waals surface area contributed by atoms with E-state index in [0.29, 0.717) is 110 Å². The van der Waals surface area contributed by atoms with Crippen molar-refractivity contribution in [3.05, 3.63) is 65.5 Å². The molecule has 7 N–H and O–H groups in total. The van der Waals surface area contributed by atoms with Gasteiger partial charge >= 0.3 is 0 Å². The maximum atomic E-state index is 13.3. The van der Waals surface area contributed by atoms with Gasteiger partial charge in [-0.15, -0.1) is 0 Å². The summed E-state index contributed by atoms with van der Waals surface area (Å²) >= 11 is 0. The predicted molar refractivity (Wildman–Crippen MR) is 229 cm³/mol. The van der Waals surface area contributed by atoms with Gasteiger partial charge in [-0.3, -0.25) is 19.6 Å². The van der Waals surface area contributed by atoms with E-state index in [2.05, 4.69) is 31.2 Å². The second-order valence-corrected chi connectivity index (χ2v) is 15.1. The minimum atomic E-state index is -1.07. The Morgan fingerprint density at radius 1 is 0.933 bits per heavy atom. The first-order valence-corrected chi connectivity index (χ1v) is 21.3. The molecular formula is C43H67N9O8. The van der Waals surface area contributed by atoms with Gasteiger partial charge in [0.1, 0.15) is 6.23 Å². The number of carbonyl (C=O) groups is 1. The van der Waals surface area contributed by atoms with E-state index in [1.54, 1.807) is 16.9 Å². The number of nitrogens with zero attached hydrogens (tertiary/aromatic N) is 4. The number of aliphatic imine (C=N–C) groups is 1. The van der Waals surface area contributed by atoms with Crippen LogP contribution in [0.3, 0.4) is 0 Å². The van der Waals surface area contributed by atoms with Gasteiger partial charge in [0.05, 0.1) is 96.4 Å². The minimum absolute atomic E-state index is 0.0301. The minimum Gasteiger partial charge on any atom is -0.389 e. The Hall–Kier alpha value is -4.04. The number of benzene rings is 1. The summed E-state index contributed by atoms with van der Waals surface area (Å²) in [6, 6.07) is 9.68. The number of hydrogen-bond acceptors (Lipinski definition) is 14. The third-order valence-corrected chi connectivity index (χ3v) is 10.4. The van der Waals surface area contributed by atoms with E-state index in [4.69, 9.17) is 39.1 Å². The molecule has 5 rings (SSSR count). The fourth-order valence-electron chi connectivity index (χ4n) is 7.02. The van der Waals surface area contributed by atoms with Gasteiger partial charge in [0.2, 0.25) is 5.91 Å². The van der Waals surface area contributed by atoms with Crippen LogP contribution in [0.1, 0.15) is 55.4 Å². The van der Waals surface area contributed by atoms with Crippen molar-refractivity contribution in [2.24, 2.45) is 28.5 Å². The van der Waals surface area contributed by atoms with Crippen LogP contribution in [0.4, 0.5) is 5.69 Å². The number of likely N-dealkylation sites (N-methyl/N-ethyl adjacent to an activating group) is 1. The van der Waals surface area contributed by atoms with Gasteiger partial charge in [-0.2, -0.15) is 10.2 Å². The maximum Gasteiger partial charge on any atom is 0.224 e. The van der Waals surface area contributed by atoms with Crippen molar-refractivity contribution in [1.82, 2.24) is 30.6 Å². The zero-order valence-electron chi connectivity index (χ0n) is 35.7. The molecule has 0 aliphatic heterocycles. The fourth-order valence-corrected chi connectivity index (χ4v) is 7.02. The smallest absolute Gasteiger partial charge is 0.224 e. The molecule has 1 aromatic carbocycles. The summed E-state index contributed by atoms with van der Waals surface area (Å²) < 4.78 is 35.4. The van der Waals surface area contributed by atoms with Crippen LogP contribution < -0.4 is 21.7 Å². The second-order valence-electron chi connectivity index (χ2n) is 15.1. The largest absolute Gasteiger partial charge is 0.389 e. The van der Waals surface area contributed by atoms with E-state index in [9.17, 15) is 9.90 Å². The van der Waals surface area contributed by atoms with Crippen molar-refractivity contribution in [1.29, 1.82) is 0 Å². The Bertz CT molecular complexity index is 1720. The molecule has 0 bridgehead atoms. The molecule has 3 unspecified atom stereocenters. The number of ether oxygens (including phenoxy) is 6. The van der Waals surface area contributed by atoms with Crippen LogP contribution in [0, 0.1) is 31.6 Å². The molecule has 60 heavy (non-hydrogen) atoms. The van der Waals surface area contributed by atoms with Gasteiger partial charge < -0.3 is 55.2 Å². The fraction of sp³-hybridized carbons (Fsp3) is 0.628. The third kappa shape index (κ3) is 16.8. The second kappa shape index (κ2) is 26.3. The third-order valence-electron chi connectivity index (χ3n) is 10.4. The highest BCUT2D eigenvalue weighted by molar-refractivity contribution is 6.02. The molecule has 332 valence electrons. The topological polar surface area (TPSA) is 214 Å². The number of nitrogens with two attached hydrogens (primary N) is 1. The van der Waals surface area contributed by atoms with E-state index in [0.717, 1.165) is 71.8 Å². The summed E-state index contributed by atoms with van der Waals surface area (Å²) in [5.41, 5.74) is 13.1. The molecule has 2 heterocycles. The number of hydrogen-bond donors (Lipinski definition) is 6. The van der Waals surface area contributed by atoms with Gasteiger partial charge in [0.25, 0.3) is 0 Å². The lowest BCUT2D eigenvalue weighted by molar-refractivity contribution is -0.117. The van der Waals surface area contributed by atoms with Crippen LogP contribution in [-0.2, 0) is 39.8 Å². The number of aryl methyl sites for hydroxylation is 3. The average molecular weight is 838 g/mol. The molecule has 2 aromatic heterocycles. The summed E-state index contributed by atoms with van der Waals surface area (Å²) in [6.07, 6.45) is 6.87. The van der Waals surface area contributed by atoms with Crippen molar-refractivity contribution in [2.75, 3.05) is 105 Å². The van der Waals surface area contributed by atoms with Gasteiger partial charge in [0.15, 0.2) is 0 Å². The number of H-pyrrole nitrogens is 1. The summed E-state index contributed by atoms with van der Waals surface area (Å²) in [6.45, 7) is 12.0. The van der Waals surface area contributed by atoms with Crippen LogP contribution in [-0.4, -0.2) is 136 Å². The van der Waals surface area contributed by atoms with E-state index in [1.165, 1.54) is 0 Å². The van der Waals surface area contributed by atoms with Crippen molar-refractivity contribution in [2.45, 2.75) is 58.7 Å². The van der Waals surface area contributed by atoms with Gasteiger partial charge in [-0.05, 0) is 82.2 Å². The molecule has 2 saturated carbocycles. The first kappa shape index (κ1) is 47.0. The molecule has 1 amide bonds. The van der Waals surface area contributed by atoms with Gasteiger partial charge in [0, 0.05) is 67.0 Å². The zero-order chi connectivity index (χ0) is 42.4. The number of carbonyl (C=O) groups excluding carboxylic acids is 1. The normalized spacial score (nSPS) is 17.0. The van der Waals surface area contributed by atoms with Crippen LogP contribution in [0.25, 0.3) is 11.1 Å². The molecule has 17 heteroatoms. The lowest BCUT2D eigenvalue weighted by Gasteiger charge is -2.15. The molecule has 3 aromatic rings. The van der Waals surface area contributed by atoms with Crippen LogP contribution >= 0.6 is 0 Å². The number of rotatable bonds is 33. The number of aliphatic hydroxyl groups is 1. The molecule has 0 radical (unpaired) electrons. The van der Waals surface area contributed by atoms with E-state index in [-0.39, 0.29) is 17.7 Å². The number of nitrogens with one attached hydrogen (secondary N) is 4. The monoisotopic (exact) mass is 838 g/mol. The lowest BCUT2D eigenvalue weighted by Crippen LogP contribution is -2.20. The number of aliphatic hydroxyl groups excluding tert-OH is 1. The first-order valence-electron chi connectivity index (χ1n) is 21.3. The molecular weight excluding hydrogens is 771 g/mol. The highest BCUT2D eigenvalue weighted by Crippen LogP contribution is 2.49. The number of anilines is 1. The van der Waals surface area contributed by atoms with E-state index >= 15 is 0 Å². The number of amides is 1. The Labute approximate surface area is 354 Å². The van der Waals surface area contributed by atoms with Gasteiger partial charge in [-0.1, -0.05) is 12.1 Å². The zero-order valence-corrected chi connectivity index (χ0v) is 35.7. The van der Waals surface area contributed by atoms with Crippen LogP contribution in [0.2, 0.25) is 0 Å². The Morgan fingerprint density at radius 3 is 2.15 bits per heavy atom. The van der Waals surface area contributed by atoms with Crippen molar-refractivity contribution >= 4 is 17.3 Å². The Balaban J connectivity index is 1.01. The van der Waals surface area contributed by atoms with Crippen molar-refractivity contribution in [3.63, 3.8) is 0 Å². The standard InChI is InChI=1S/C43H67N9O8/c1-31-42(32(2)51-50-31)34-7-9-35(10-8-34)49-41(53)28-37(33-5-6-33)38-27-39(38)48-36(29-46-12-4-15-52-40(43(44)54)11-13-47-52)30-60-26-25-59-24-23-58-22-21-57-20-19-56-18-17-55-16-14-45-3/h7-11,13,29,33,37-38,43,45-46,54H,4-6,12,14-28,30,44H2,1-3H3,(H,49,53)(H,50,51)/b36-29-,48-39?. The molecule has 2 aliphatic rings. The van der Waals surface area contributed by atoms with E-state index in [1.807, 2.05) is 51.4 Å². The van der Waals surface area contributed by atoms with Crippen LogP contribution in [0.5, 0.6) is 0 Å². The first-order chi connectivity index (χ1) is 29.3. The molecule has 0 saturated heterocycles. The quantitative estimate of drug-likeness (QED) is 0.0384. The lowest BCUT2D eigenvalue weighted by atomic mass is 9.93. The molecule has 0 spiro atoms. The van der Waals surface area contributed by atoms with Crippen LogP contribution in [0.15, 0.2) is 53.4 Å². The van der Waals surface area contributed by atoms with Crippen molar-refractivity contribution in [3.8, 4) is 11.1 Å². The predicted octanol–water partition coefficient (Wildman–Crippen LogP) is 3.50. The highest BCUT2D eigenvalue weighted by atomic mass is 16.6. The highest BCUT2D eigenvalue weighted by Gasteiger charge is 2.47. The molecule has 2 aliphatic carbocycles. The average Bonchev–Trinajstić information content (AvgIpc) is 4.15. The number of aromatic nitrogens is 4. The molecule has 2 fully saturated rings. The SMILES string of the molecule is CNCCOCCOCCOCCOCCOCCOC/C(=C/NCCCn1nccc1C(N)O)N=C1CC1C(CC(=O)Nc1ccc(-c2c(C)n[nH]c2C)cc1)C1CC1. The number of aromatic amines is 1. The molecule has 17 nitrogen and oxygen atoms in total. The summed E-state index contributed by atoms with van der Waals surface area (Å²) in [7, 11) is 1.89. The Kier molecular flexibility index (Phi) is 20.6. The summed E-state index contributed by atoms with van der Waals surface area (Å²) in [4.78, 5) is 18.4. The Morgan fingerprint density at radius 2 is 1.57 bits per heavy atom. The summed E-state index contributed by atoms with van der Waals surface area (Å²) in [5.74, 6) is 1.11. The summed E-state index contributed by atoms with van der Waals surface area (Å²) in [5, 5.41) is 30.9.